The molecule has 3 rings (SSSR count). The van der Waals surface area contributed by atoms with Gasteiger partial charge in [-0.3, -0.25) is 9.59 Å². The van der Waals surface area contributed by atoms with Crippen LogP contribution in [0.15, 0.2) is 24.3 Å². The highest BCUT2D eigenvalue weighted by Gasteiger charge is 2.50. The number of nitrogens with zero attached hydrogens (tertiary/aromatic N) is 2. The van der Waals surface area contributed by atoms with Crippen molar-refractivity contribution >= 4 is 33.4 Å². The molecule has 1 N–H and O–H groups in total. The molecule has 0 unspecified atom stereocenters. The lowest BCUT2D eigenvalue weighted by atomic mass is 9.92. The third kappa shape index (κ3) is 5.83. The fourth-order valence-corrected chi connectivity index (χ4v) is 5.79. The number of hydrogen-bond donors (Lipinski definition) is 1. The Balaban J connectivity index is 1.88. The second kappa shape index (κ2) is 10.5. The second-order valence-corrected chi connectivity index (χ2v) is 11.8. The quantitative estimate of drug-likeness (QED) is 0.672. The molecule has 1 aliphatic carbocycles. The Morgan fingerprint density at radius 3 is 2.31 bits per heavy atom. The van der Waals surface area contributed by atoms with Gasteiger partial charge in [-0.05, 0) is 44.4 Å². The van der Waals surface area contributed by atoms with Gasteiger partial charge in [-0.2, -0.15) is 4.31 Å². The summed E-state index contributed by atoms with van der Waals surface area (Å²) in [5.74, 6) is -0.780. The Kier molecular flexibility index (Phi) is 8.22. The molecule has 2 amide bonds. The molecule has 1 aliphatic heterocycles. The maximum Gasteiger partial charge on any atom is 0.247 e. The zero-order valence-corrected chi connectivity index (χ0v) is 20.6. The predicted octanol–water partition coefficient (Wildman–Crippen LogP) is 3.32. The van der Waals surface area contributed by atoms with Gasteiger partial charge in [-0.25, -0.2) is 8.42 Å². The van der Waals surface area contributed by atoms with E-state index < -0.39 is 15.6 Å². The van der Waals surface area contributed by atoms with E-state index in [1.807, 2.05) is 12.1 Å². The third-order valence-corrected chi connectivity index (χ3v) is 8.66. The maximum atomic E-state index is 13.6. The molecule has 1 heterocycles. The highest BCUT2D eigenvalue weighted by Crippen LogP contribution is 2.28. The summed E-state index contributed by atoms with van der Waals surface area (Å²) in [6, 6.07) is 7.16. The number of carbonyl (C=O) groups is 2. The highest BCUT2D eigenvalue weighted by molar-refractivity contribution is 7.89. The van der Waals surface area contributed by atoms with E-state index in [9.17, 15) is 18.0 Å². The van der Waals surface area contributed by atoms with Crippen molar-refractivity contribution in [2.45, 2.75) is 76.9 Å². The minimum Gasteiger partial charge on any atom is -0.351 e. The minimum absolute atomic E-state index is 0.0465. The van der Waals surface area contributed by atoms with Gasteiger partial charge in [0.2, 0.25) is 21.8 Å². The first-order valence-corrected chi connectivity index (χ1v) is 13.5. The Labute approximate surface area is 196 Å². The number of sulfonamides is 1. The maximum absolute atomic E-state index is 13.6. The number of piperazine rings is 1. The van der Waals surface area contributed by atoms with Crippen LogP contribution in [0.2, 0.25) is 5.02 Å². The topological polar surface area (TPSA) is 86.8 Å². The van der Waals surface area contributed by atoms with Crippen molar-refractivity contribution < 1.29 is 18.0 Å². The molecule has 1 atom stereocenters. The standard InChI is InChI=1S/C23H34ClN3O4S/c1-3-32(30,31)26-16-21(28)27(15-18-11-13-19(24)14-12-18)23(2,17-26)22(29)25-20-9-7-5-4-6-8-10-20/h11-14,20H,3-10,15-17H2,1-2H3,(H,25,29)/t23-/m1/s1. The molecule has 1 saturated carbocycles. The summed E-state index contributed by atoms with van der Waals surface area (Å²) in [6.45, 7) is 3.13. The van der Waals surface area contributed by atoms with E-state index in [-0.39, 0.29) is 43.2 Å². The average Bonchev–Trinajstić information content (AvgIpc) is 2.73. The lowest BCUT2D eigenvalue weighted by Crippen LogP contribution is -2.70. The molecule has 1 aromatic rings. The molecular weight excluding hydrogens is 450 g/mol. The lowest BCUT2D eigenvalue weighted by molar-refractivity contribution is -0.154. The van der Waals surface area contributed by atoms with Crippen molar-refractivity contribution in [3.05, 3.63) is 34.9 Å². The Morgan fingerprint density at radius 1 is 1.12 bits per heavy atom. The number of amides is 2. The molecule has 9 heteroatoms. The van der Waals surface area contributed by atoms with Crippen molar-refractivity contribution in [2.24, 2.45) is 0 Å². The highest BCUT2D eigenvalue weighted by atomic mass is 35.5. The number of benzene rings is 1. The van der Waals surface area contributed by atoms with E-state index in [2.05, 4.69) is 5.32 Å². The molecule has 0 bridgehead atoms. The van der Waals surface area contributed by atoms with Gasteiger partial charge < -0.3 is 10.2 Å². The fraction of sp³-hybridized carbons (Fsp3) is 0.652. The van der Waals surface area contributed by atoms with Crippen LogP contribution < -0.4 is 5.32 Å². The normalized spacial score (nSPS) is 24.1. The van der Waals surface area contributed by atoms with Gasteiger partial charge in [0.05, 0.1) is 12.3 Å². The van der Waals surface area contributed by atoms with Crippen LogP contribution in [0.5, 0.6) is 0 Å². The fourth-order valence-electron chi connectivity index (χ4n) is 4.55. The molecule has 1 saturated heterocycles. The zero-order valence-electron chi connectivity index (χ0n) is 19.0. The van der Waals surface area contributed by atoms with Crippen LogP contribution in [0.25, 0.3) is 0 Å². The number of nitrogens with one attached hydrogen (secondary N) is 1. The van der Waals surface area contributed by atoms with Crippen LogP contribution in [0.4, 0.5) is 0 Å². The lowest BCUT2D eigenvalue weighted by Gasteiger charge is -2.47. The molecule has 32 heavy (non-hydrogen) atoms. The van der Waals surface area contributed by atoms with Crippen LogP contribution in [0, 0.1) is 0 Å². The Morgan fingerprint density at radius 2 is 1.72 bits per heavy atom. The monoisotopic (exact) mass is 483 g/mol. The molecule has 0 aromatic heterocycles. The summed E-state index contributed by atoms with van der Waals surface area (Å²) < 4.78 is 26.3. The van der Waals surface area contributed by atoms with E-state index in [4.69, 9.17) is 11.6 Å². The van der Waals surface area contributed by atoms with E-state index >= 15 is 0 Å². The van der Waals surface area contributed by atoms with Crippen LogP contribution in [0.1, 0.15) is 64.4 Å². The van der Waals surface area contributed by atoms with Crippen molar-refractivity contribution in [1.29, 1.82) is 0 Å². The van der Waals surface area contributed by atoms with Gasteiger partial charge in [0.25, 0.3) is 0 Å². The minimum atomic E-state index is -3.62. The summed E-state index contributed by atoms with van der Waals surface area (Å²) in [5, 5.41) is 3.74. The SMILES string of the molecule is CCS(=O)(=O)N1CC(=O)N(Cc2ccc(Cl)cc2)[C@@](C)(C(=O)NC2CCCCCCC2)C1. The van der Waals surface area contributed by atoms with Gasteiger partial charge >= 0.3 is 0 Å². The number of rotatable bonds is 6. The summed E-state index contributed by atoms with van der Waals surface area (Å²) in [5.41, 5.74) is -0.473. The first-order valence-electron chi connectivity index (χ1n) is 11.5. The predicted molar refractivity (Wildman–Crippen MR) is 126 cm³/mol. The summed E-state index contributed by atoms with van der Waals surface area (Å²) in [4.78, 5) is 28.3. The van der Waals surface area contributed by atoms with Gasteiger partial charge in [-0.15, -0.1) is 0 Å². The first-order chi connectivity index (χ1) is 15.2. The number of hydrogen-bond acceptors (Lipinski definition) is 4. The molecule has 0 radical (unpaired) electrons. The van der Waals surface area contributed by atoms with E-state index in [0.29, 0.717) is 5.02 Å². The summed E-state index contributed by atoms with van der Waals surface area (Å²) >= 11 is 5.99. The average molecular weight is 484 g/mol. The summed E-state index contributed by atoms with van der Waals surface area (Å²) in [6.07, 6.45) is 7.48. The molecule has 7 nitrogen and oxygen atoms in total. The largest absolute Gasteiger partial charge is 0.351 e. The first kappa shape index (κ1) is 25.0. The van der Waals surface area contributed by atoms with Gasteiger partial charge in [0.1, 0.15) is 5.54 Å². The van der Waals surface area contributed by atoms with Crippen molar-refractivity contribution in [1.82, 2.24) is 14.5 Å². The molecular formula is C23H34ClN3O4S. The van der Waals surface area contributed by atoms with E-state index in [0.717, 1.165) is 48.4 Å². The molecule has 178 valence electrons. The Bertz CT molecular complexity index is 914. The molecule has 1 aromatic carbocycles. The molecule has 2 aliphatic rings. The summed E-state index contributed by atoms with van der Waals surface area (Å²) in [7, 11) is -3.62. The van der Waals surface area contributed by atoms with Crippen molar-refractivity contribution in [3.63, 3.8) is 0 Å². The van der Waals surface area contributed by atoms with Crippen LogP contribution in [0.3, 0.4) is 0 Å². The van der Waals surface area contributed by atoms with Crippen LogP contribution in [-0.4, -0.2) is 59.9 Å². The van der Waals surface area contributed by atoms with Gasteiger partial charge in [-0.1, -0.05) is 55.8 Å². The smallest absolute Gasteiger partial charge is 0.247 e. The Hall–Kier alpha value is -1.64. The van der Waals surface area contributed by atoms with Gasteiger partial charge in [0, 0.05) is 24.2 Å². The third-order valence-electron chi connectivity index (χ3n) is 6.63. The second-order valence-electron chi connectivity index (χ2n) is 9.06. The van der Waals surface area contributed by atoms with Crippen LogP contribution >= 0.6 is 11.6 Å². The van der Waals surface area contributed by atoms with E-state index in [1.165, 1.54) is 11.3 Å². The molecule has 0 spiro atoms. The van der Waals surface area contributed by atoms with Crippen molar-refractivity contribution in [2.75, 3.05) is 18.8 Å². The van der Waals surface area contributed by atoms with Gasteiger partial charge in [0.15, 0.2) is 0 Å². The number of carbonyl (C=O) groups excluding carboxylic acids is 2. The van der Waals surface area contributed by atoms with Crippen molar-refractivity contribution in [3.8, 4) is 0 Å². The van der Waals surface area contributed by atoms with Crippen LogP contribution in [-0.2, 0) is 26.2 Å². The zero-order chi connectivity index (χ0) is 23.4. The molecule has 2 fully saturated rings. The van der Waals surface area contributed by atoms with E-state index in [1.54, 1.807) is 26.0 Å². The number of halogens is 1.